The van der Waals surface area contributed by atoms with Crippen molar-refractivity contribution in [1.29, 1.82) is 0 Å². The van der Waals surface area contributed by atoms with Crippen LogP contribution in [0.5, 0.6) is 0 Å². The fraction of sp³-hybridized carbons (Fsp3) is 0.341. The number of halogens is 3. The van der Waals surface area contributed by atoms with Gasteiger partial charge in [0, 0.05) is 6.42 Å². The minimum Gasteiger partial charge on any atom is -0.295 e. The van der Waals surface area contributed by atoms with E-state index in [4.69, 9.17) is 0 Å². The largest absolute Gasteiger partial charge is 0.416 e. The van der Waals surface area contributed by atoms with Gasteiger partial charge in [-0.25, -0.2) is 0 Å². The predicted octanol–water partition coefficient (Wildman–Crippen LogP) is 10.6. The van der Waals surface area contributed by atoms with E-state index in [0.717, 1.165) is 56.6 Å². The average molecular weight is 605 g/mol. The summed E-state index contributed by atoms with van der Waals surface area (Å²) >= 11 is 0. The fourth-order valence-electron chi connectivity index (χ4n) is 7.87. The number of rotatable bonds is 9. The summed E-state index contributed by atoms with van der Waals surface area (Å²) < 4.78 is 40.0. The van der Waals surface area contributed by atoms with Crippen LogP contribution in [0.4, 0.5) is 13.2 Å². The third-order valence-corrected chi connectivity index (χ3v) is 10.5. The molecule has 0 N–H and O–H groups in total. The van der Waals surface area contributed by atoms with E-state index in [-0.39, 0.29) is 11.2 Å². The van der Waals surface area contributed by atoms with Crippen LogP contribution in [0.2, 0.25) is 0 Å². The first-order chi connectivity index (χ1) is 21.7. The van der Waals surface area contributed by atoms with Gasteiger partial charge in [0.05, 0.1) is 5.56 Å². The summed E-state index contributed by atoms with van der Waals surface area (Å²) in [7, 11) is 0. The smallest absolute Gasteiger partial charge is 0.295 e. The fourth-order valence-corrected chi connectivity index (χ4v) is 7.87. The van der Waals surface area contributed by atoms with E-state index in [1.807, 2.05) is 6.07 Å². The van der Waals surface area contributed by atoms with Crippen LogP contribution in [0.1, 0.15) is 73.6 Å². The number of benzene rings is 2. The van der Waals surface area contributed by atoms with Crippen molar-refractivity contribution < 1.29 is 18.0 Å². The maximum atomic E-state index is 13.3. The molecule has 0 bridgehead atoms. The first-order valence-electron chi connectivity index (χ1n) is 16.3. The Balaban J connectivity index is 1.18. The van der Waals surface area contributed by atoms with Crippen molar-refractivity contribution in [3.8, 4) is 0 Å². The Labute approximate surface area is 264 Å². The van der Waals surface area contributed by atoms with Gasteiger partial charge >= 0.3 is 6.18 Å². The lowest BCUT2D eigenvalue weighted by Crippen LogP contribution is -2.12. The number of carbonyl (C=O) groups excluding carboxylic acids is 1. The number of fused-ring (bicyclic) bond motifs is 1. The SMILES string of the molecule is C=CC(=O)CCC1=CCCC(C2=CC(c3ccc(C4(Cc5cccc(C(F)(F)F)c5)CC4)cc3)=C/C3=C/C/C=C\CC4C2C34)=C1. The van der Waals surface area contributed by atoms with Crippen LogP contribution in [-0.4, -0.2) is 5.78 Å². The molecule has 0 spiro atoms. The zero-order chi connectivity index (χ0) is 31.2. The summed E-state index contributed by atoms with van der Waals surface area (Å²) in [6, 6.07) is 14.6. The summed E-state index contributed by atoms with van der Waals surface area (Å²) in [4.78, 5) is 11.9. The lowest BCUT2D eigenvalue weighted by Gasteiger charge is -2.19. The van der Waals surface area contributed by atoms with Crippen molar-refractivity contribution >= 4 is 11.4 Å². The zero-order valence-corrected chi connectivity index (χ0v) is 25.6. The molecule has 7 rings (SSSR count). The van der Waals surface area contributed by atoms with Gasteiger partial charge in [0.1, 0.15) is 0 Å². The Kier molecular flexibility index (Phi) is 7.79. The van der Waals surface area contributed by atoms with Gasteiger partial charge in [0.15, 0.2) is 5.78 Å². The van der Waals surface area contributed by atoms with Gasteiger partial charge in [-0.05, 0) is 126 Å². The molecule has 3 unspecified atom stereocenters. The molecule has 0 aliphatic heterocycles. The second-order valence-corrected chi connectivity index (χ2v) is 13.5. The summed E-state index contributed by atoms with van der Waals surface area (Å²) in [6.45, 7) is 3.63. The van der Waals surface area contributed by atoms with Gasteiger partial charge < -0.3 is 0 Å². The van der Waals surface area contributed by atoms with Crippen LogP contribution >= 0.6 is 0 Å². The first kappa shape index (κ1) is 29.8. The van der Waals surface area contributed by atoms with Crippen LogP contribution in [0.3, 0.4) is 0 Å². The molecule has 2 aromatic carbocycles. The lowest BCUT2D eigenvalue weighted by atomic mass is 9.86. The maximum absolute atomic E-state index is 13.3. The van der Waals surface area contributed by atoms with Gasteiger partial charge in [-0.1, -0.05) is 97.1 Å². The molecule has 1 nitrogen and oxygen atoms in total. The molecule has 0 saturated heterocycles. The number of alkyl halides is 3. The standard InChI is InChI=1S/C41H39F3O/c1-2-35(45)19-14-27-8-6-11-30(22-27)37-25-32(24-31-10-4-3-5-13-36-38(31)39(36)37)29-15-17-33(18-16-29)40(20-21-40)26-28-9-7-12-34(23-28)41(42,43)44/h2-3,5,7-10,12,15-18,22-25,36,38-39H,1,4,6,11,13-14,19-21,26H2/b5-3-,31-10-. The molecule has 0 amide bonds. The van der Waals surface area contributed by atoms with Crippen LogP contribution in [0.15, 0.2) is 126 Å². The number of carbonyl (C=O) groups is 1. The molecule has 0 radical (unpaired) electrons. The van der Waals surface area contributed by atoms with Gasteiger partial charge in [0.25, 0.3) is 0 Å². The van der Waals surface area contributed by atoms with E-state index < -0.39 is 11.7 Å². The summed E-state index contributed by atoms with van der Waals surface area (Å²) in [5.41, 5.74) is 9.21. The molecular weight excluding hydrogens is 565 g/mol. The van der Waals surface area contributed by atoms with Crippen molar-refractivity contribution in [3.63, 3.8) is 0 Å². The Hall–Kier alpha value is -3.92. The quantitative estimate of drug-likeness (QED) is 0.206. The van der Waals surface area contributed by atoms with E-state index in [1.54, 1.807) is 0 Å². The number of hydrogen-bond acceptors (Lipinski definition) is 1. The molecule has 4 heteroatoms. The van der Waals surface area contributed by atoms with Crippen LogP contribution in [-0.2, 0) is 22.8 Å². The maximum Gasteiger partial charge on any atom is 0.416 e. The minimum absolute atomic E-state index is 0.0869. The highest BCUT2D eigenvalue weighted by molar-refractivity contribution is 5.89. The average Bonchev–Trinajstić information content (AvgIpc) is 3.95. The molecule has 5 aliphatic carbocycles. The number of allylic oxidation sites excluding steroid dienone is 13. The highest BCUT2D eigenvalue weighted by Gasteiger charge is 2.53. The van der Waals surface area contributed by atoms with E-state index in [0.29, 0.717) is 30.6 Å². The van der Waals surface area contributed by atoms with E-state index in [2.05, 4.69) is 73.4 Å². The molecule has 2 fully saturated rings. The van der Waals surface area contributed by atoms with Crippen molar-refractivity contribution in [2.24, 2.45) is 17.8 Å². The molecule has 2 saturated carbocycles. The third kappa shape index (κ3) is 6.17. The van der Waals surface area contributed by atoms with Crippen LogP contribution < -0.4 is 0 Å². The molecule has 230 valence electrons. The lowest BCUT2D eigenvalue weighted by molar-refractivity contribution is -0.137. The zero-order valence-electron chi connectivity index (χ0n) is 25.6. The number of hydrogen-bond donors (Lipinski definition) is 0. The molecule has 45 heavy (non-hydrogen) atoms. The number of ketones is 1. The summed E-state index contributed by atoms with van der Waals surface area (Å²) in [6.07, 6.45) is 21.5. The molecule has 2 aromatic rings. The van der Waals surface area contributed by atoms with E-state index >= 15 is 0 Å². The van der Waals surface area contributed by atoms with Gasteiger partial charge in [-0.2, -0.15) is 13.2 Å². The van der Waals surface area contributed by atoms with Crippen molar-refractivity contribution in [2.45, 2.75) is 69.4 Å². The van der Waals surface area contributed by atoms with Gasteiger partial charge in [-0.15, -0.1) is 0 Å². The monoisotopic (exact) mass is 604 g/mol. The van der Waals surface area contributed by atoms with E-state index in [9.17, 15) is 18.0 Å². The molecule has 3 atom stereocenters. The second-order valence-electron chi connectivity index (χ2n) is 13.5. The Morgan fingerprint density at radius 3 is 2.56 bits per heavy atom. The van der Waals surface area contributed by atoms with Crippen LogP contribution in [0.25, 0.3) is 5.57 Å². The van der Waals surface area contributed by atoms with Crippen molar-refractivity contribution in [1.82, 2.24) is 0 Å². The Morgan fingerprint density at radius 2 is 1.80 bits per heavy atom. The summed E-state index contributed by atoms with van der Waals surface area (Å²) in [5, 5.41) is 0. The van der Waals surface area contributed by atoms with Gasteiger partial charge in [0.2, 0.25) is 0 Å². The van der Waals surface area contributed by atoms with Crippen LogP contribution in [0, 0.1) is 17.8 Å². The minimum atomic E-state index is -4.33. The molecule has 5 aliphatic rings. The molecule has 0 heterocycles. The first-order valence-corrected chi connectivity index (χ1v) is 16.3. The van der Waals surface area contributed by atoms with E-state index in [1.165, 1.54) is 57.2 Å². The highest BCUT2D eigenvalue weighted by Crippen LogP contribution is 2.61. The second kappa shape index (κ2) is 11.8. The summed E-state index contributed by atoms with van der Waals surface area (Å²) in [5.74, 6) is 1.76. The Bertz CT molecular complexity index is 1700. The topological polar surface area (TPSA) is 17.1 Å². The Morgan fingerprint density at radius 1 is 0.978 bits per heavy atom. The highest BCUT2D eigenvalue weighted by atomic mass is 19.4. The normalized spacial score (nSPS) is 26.6. The van der Waals surface area contributed by atoms with Crippen molar-refractivity contribution in [3.05, 3.63) is 148 Å². The third-order valence-electron chi connectivity index (χ3n) is 10.5. The predicted molar refractivity (Wildman–Crippen MR) is 175 cm³/mol. The molecule has 0 aromatic heterocycles. The molecular formula is C41H39F3O. The van der Waals surface area contributed by atoms with Crippen molar-refractivity contribution in [2.75, 3.05) is 0 Å². The van der Waals surface area contributed by atoms with Gasteiger partial charge in [-0.3, -0.25) is 4.79 Å².